The summed E-state index contributed by atoms with van der Waals surface area (Å²) >= 11 is 0.480. The van der Waals surface area contributed by atoms with Gasteiger partial charge in [-0.2, -0.15) is 17.5 Å². The van der Waals surface area contributed by atoms with E-state index >= 15 is 0 Å². The van der Waals surface area contributed by atoms with Gasteiger partial charge in [-0.3, -0.25) is 14.9 Å². The van der Waals surface area contributed by atoms with E-state index in [4.69, 9.17) is 5.11 Å². The molecule has 0 aliphatic rings. The van der Waals surface area contributed by atoms with Gasteiger partial charge >= 0.3 is 18.1 Å². The third-order valence-corrected chi connectivity index (χ3v) is 1.92. The highest BCUT2D eigenvalue weighted by atomic mass is 32.1. The highest BCUT2D eigenvalue weighted by Crippen LogP contribution is 2.19. The summed E-state index contributed by atoms with van der Waals surface area (Å²) in [6.07, 6.45) is -5.53. The Morgan fingerprint density at radius 2 is 2.06 bits per heavy atom. The van der Waals surface area contributed by atoms with Gasteiger partial charge in [-0.05, 0) is 0 Å². The van der Waals surface area contributed by atoms with Crippen molar-refractivity contribution in [3.63, 3.8) is 0 Å². The molecule has 1 rings (SSSR count). The Morgan fingerprint density at radius 3 is 2.56 bits per heavy atom. The summed E-state index contributed by atoms with van der Waals surface area (Å²) in [5, 5.41) is 9.42. The summed E-state index contributed by atoms with van der Waals surface area (Å²) in [6, 6.07) is 0. The van der Waals surface area contributed by atoms with Gasteiger partial charge in [-0.1, -0.05) is 0 Å². The first-order valence-electron chi connectivity index (χ1n) is 3.71. The Kier molecular flexibility index (Phi) is 3.42. The molecule has 16 heavy (non-hydrogen) atoms. The molecule has 6 nitrogen and oxygen atoms in total. The molecule has 1 heterocycles. The van der Waals surface area contributed by atoms with Crippen LogP contribution in [-0.2, 0) is 16.0 Å². The molecule has 1 aromatic heterocycles. The zero-order valence-electron chi connectivity index (χ0n) is 7.41. The molecule has 0 saturated carbocycles. The molecule has 0 aromatic carbocycles. The number of alkyl halides is 3. The molecule has 0 radical (unpaired) electrons. The van der Waals surface area contributed by atoms with Crippen LogP contribution < -0.4 is 5.32 Å². The van der Waals surface area contributed by atoms with E-state index in [0.29, 0.717) is 11.5 Å². The maximum atomic E-state index is 11.8. The molecule has 1 aromatic rings. The minimum Gasteiger partial charge on any atom is -0.481 e. The van der Waals surface area contributed by atoms with E-state index in [1.807, 2.05) is 0 Å². The Hall–Kier alpha value is -1.71. The third-order valence-electron chi connectivity index (χ3n) is 1.26. The average molecular weight is 255 g/mol. The van der Waals surface area contributed by atoms with Crippen LogP contribution in [0.4, 0.5) is 18.3 Å². The standard InChI is InChI=1S/C6H4F3N3O3S/c7-6(8,9)4(15)11-5-10-2(12-16-5)1-3(13)14/h1H2,(H,13,14)(H,10,11,12,15). The number of carbonyl (C=O) groups is 2. The molecule has 0 atom stereocenters. The van der Waals surface area contributed by atoms with E-state index < -0.39 is 29.6 Å². The van der Waals surface area contributed by atoms with E-state index in [2.05, 4.69) is 9.36 Å². The molecule has 0 saturated heterocycles. The Bertz CT molecular complexity index is 417. The molecule has 0 fully saturated rings. The van der Waals surface area contributed by atoms with Gasteiger partial charge in [0.25, 0.3) is 0 Å². The number of carboxylic acid groups (broad SMARTS) is 1. The molecule has 0 aliphatic carbocycles. The normalized spacial score (nSPS) is 11.2. The molecule has 1 amide bonds. The van der Waals surface area contributed by atoms with E-state index in [0.717, 1.165) is 0 Å². The number of aliphatic carboxylic acids is 1. The molecule has 2 N–H and O–H groups in total. The minimum absolute atomic E-state index is 0.157. The quantitative estimate of drug-likeness (QED) is 0.827. The third kappa shape index (κ3) is 3.46. The first-order valence-corrected chi connectivity index (χ1v) is 4.49. The van der Waals surface area contributed by atoms with Crippen molar-refractivity contribution in [2.75, 3.05) is 5.32 Å². The second-order valence-electron chi connectivity index (χ2n) is 2.54. The Morgan fingerprint density at radius 1 is 1.44 bits per heavy atom. The number of nitrogens with one attached hydrogen (secondary N) is 1. The van der Waals surface area contributed by atoms with Crippen molar-refractivity contribution in [2.24, 2.45) is 0 Å². The fraction of sp³-hybridized carbons (Fsp3) is 0.333. The van der Waals surface area contributed by atoms with Crippen LogP contribution in [0.25, 0.3) is 0 Å². The number of anilines is 1. The number of halogens is 3. The van der Waals surface area contributed by atoms with Crippen molar-refractivity contribution >= 4 is 28.5 Å². The van der Waals surface area contributed by atoms with Gasteiger partial charge in [0.15, 0.2) is 5.82 Å². The van der Waals surface area contributed by atoms with Gasteiger partial charge in [-0.25, -0.2) is 4.98 Å². The van der Waals surface area contributed by atoms with Gasteiger partial charge < -0.3 is 5.11 Å². The minimum atomic E-state index is -5.02. The lowest BCUT2D eigenvalue weighted by molar-refractivity contribution is -0.167. The van der Waals surface area contributed by atoms with E-state index in [1.54, 1.807) is 0 Å². The summed E-state index contributed by atoms with van der Waals surface area (Å²) in [5.41, 5.74) is 0. The van der Waals surface area contributed by atoms with Crippen LogP contribution in [0, 0.1) is 0 Å². The van der Waals surface area contributed by atoms with Gasteiger partial charge in [0.2, 0.25) is 5.13 Å². The van der Waals surface area contributed by atoms with Crippen LogP contribution in [0.1, 0.15) is 5.82 Å². The maximum absolute atomic E-state index is 11.8. The van der Waals surface area contributed by atoms with Crippen molar-refractivity contribution in [2.45, 2.75) is 12.6 Å². The van der Waals surface area contributed by atoms with Crippen LogP contribution in [0.3, 0.4) is 0 Å². The fourth-order valence-electron chi connectivity index (χ4n) is 0.680. The van der Waals surface area contributed by atoms with Crippen molar-refractivity contribution in [3.05, 3.63) is 5.82 Å². The first-order chi connectivity index (χ1) is 7.29. The molecule has 0 spiro atoms. The zero-order valence-corrected chi connectivity index (χ0v) is 8.22. The topological polar surface area (TPSA) is 92.2 Å². The van der Waals surface area contributed by atoms with Crippen molar-refractivity contribution in [3.8, 4) is 0 Å². The second kappa shape index (κ2) is 4.43. The first kappa shape index (κ1) is 12.4. The number of aromatic nitrogens is 2. The number of carboxylic acids is 1. The highest BCUT2D eigenvalue weighted by Gasteiger charge is 2.39. The molecule has 10 heteroatoms. The molecule has 0 aliphatic heterocycles. The monoisotopic (exact) mass is 255 g/mol. The lowest BCUT2D eigenvalue weighted by atomic mass is 10.4. The summed E-state index contributed by atoms with van der Waals surface area (Å²) in [6.45, 7) is 0. The van der Waals surface area contributed by atoms with Crippen molar-refractivity contribution in [1.29, 1.82) is 0 Å². The maximum Gasteiger partial charge on any atom is 0.471 e. The van der Waals surface area contributed by atoms with Crippen LogP contribution >= 0.6 is 11.5 Å². The van der Waals surface area contributed by atoms with Crippen LogP contribution in [0.2, 0.25) is 0 Å². The number of hydrogen-bond acceptors (Lipinski definition) is 5. The van der Waals surface area contributed by atoms with Gasteiger partial charge in [0.1, 0.15) is 6.42 Å². The van der Waals surface area contributed by atoms with Gasteiger partial charge in [0.05, 0.1) is 0 Å². The van der Waals surface area contributed by atoms with Crippen LogP contribution in [-0.4, -0.2) is 32.5 Å². The Balaban J connectivity index is 2.66. The van der Waals surface area contributed by atoms with Crippen LogP contribution in [0.5, 0.6) is 0 Å². The highest BCUT2D eigenvalue weighted by molar-refractivity contribution is 7.09. The summed E-state index contributed by atoms with van der Waals surface area (Å²) in [7, 11) is 0. The average Bonchev–Trinajstić information content (AvgIpc) is 2.49. The second-order valence-corrected chi connectivity index (χ2v) is 3.29. The summed E-state index contributed by atoms with van der Waals surface area (Å²) in [4.78, 5) is 24.1. The fourth-order valence-corrected chi connectivity index (χ4v) is 1.26. The Labute approximate surface area is 90.3 Å². The summed E-state index contributed by atoms with van der Waals surface area (Å²) < 4.78 is 38.9. The smallest absolute Gasteiger partial charge is 0.471 e. The number of carbonyl (C=O) groups excluding carboxylic acids is 1. The van der Waals surface area contributed by atoms with Crippen molar-refractivity contribution < 1.29 is 27.9 Å². The molecular weight excluding hydrogens is 251 g/mol. The van der Waals surface area contributed by atoms with Gasteiger partial charge in [-0.15, -0.1) is 0 Å². The van der Waals surface area contributed by atoms with Crippen molar-refractivity contribution in [1.82, 2.24) is 9.36 Å². The lowest BCUT2D eigenvalue weighted by Gasteiger charge is -2.03. The lowest BCUT2D eigenvalue weighted by Crippen LogP contribution is -2.29. The number of hydrogen-bond donors (Lipinski definition) is 2. The van der Waals surface area contributed by atoms with E-state index in [9.17, 15) is 22.8 Å². The van der Waals surface area contributed by atoms with Gasteiger partial charge in [0, 0.05) is 11.5 Å². The predicted octanol–water partition coefficient (Wildman–Crippen LogP) is 0.666. The molecule has 0 unspecified atom stereocenters. The zero-order chi connectivity index (χ0) is 12.3. The van der Waals surface area contributed by atoms with Crippen LogP contribution in [0.15, 0.2) is 0 Å². The van der Waals surface area contributed by atoms with E-state index in [1.165, 1.54) is 5.32 Å². The number of nitrogens with zero attached hydrogens (tertiary/aromatic N) is 2. The number of amides is 1. The summed E-state index contributed by atoms with van der Waals surface area (Å²) in [5.74, 6) is -3.55. The SMILES string of the molecule is O=C(O)Cc1nsc(NC(=O)C(F)(F)F)n1. The van der Waals surface area contributed by atoms with E-state index in [-0.39, 0.29) is 5.82 Å². The largest absolute Gasteiger partial charge is 0.481 e. The number of rotatable bonds is 3. The molecule has 0 bridgehead atoms. The molecular formula is C6H4F3N3O3S. The predicted molar refractivity (Wildman–Crippen MR) is 45.9 cm³/mol. The molecule has 88 valence electrons.